The molecule has 2 aliphatic heterocycles. The number of likely N-dealkylation sites (tertiary alicyclic amines) is 1. The lowest BCUT2D eigenvalue weighted by atomic mass is 10.2. The largest absolute Gasteiger partial charge is 0.360 e. The maximum Gasteiger partial charge on any atom is 0.242 e. The van der Waals surface area contributed by atoms with Crippen molar-refractivity contribution in [1.82, 2.24) is 4.90 Å². The molecule has 2 aliphatic rings. The Balaban J connectivity index is 1.76. The molecule has 0 unspecified atom stereocenters. The number of carbonyl (C=O) groups excluding carboxylic acids is 1. The zero-order valence-electron chi connectivity index (χ0n) is 12.0. The molecular weight excluding hydrogens is 268 g/mol. The van der Waals surface area contributed by atoms with E-state index >= 15 is 0 Å². The highest BCUT2D eigenvalue weighted by molar-refractivity contribution is 8.00. The van der Waals surface area contributed by atoms with Crippen molar-refractivity contribution in [3.63, 3.8) is 0 Å². The van der Waals surface area contributed by atoms with E-state index in [1.165, 1.54) is 10.6 Å². The maximum absolute atomic E-state index is 12.4. The third kappa shape index (κ3) is 2.80. The van der Waals surface area contributed by atoms with E-state index in [1.54, 1.807) is 0 Å². The van der Waals surface area contributed by atoms with Crippen LogP contribution >= 0.6 is 11.8 Å². The van der Waals surface area contributed by atoms with Gasteiger partial charge in [0.25, 0.3) is 0 Å². The Morgan fingerprint density at radius 1 is 1.30 bits per heavy atom. The first-order valence-electron chi connectivity index (χ1n) is 7.56. The average Bonchev–Trinajstić information content (AvgIpc) is 3.01. The van der Waals surface area contributed by atoms with E-state index in [0.717, 1.165) is 38.9 Å². The quantitative estimate of drug-likeness (QED) is 0.855. The van der Waals surface area contributed by atoms with Crippen LogP contribution in [0, 0.1) is 0 Å². The molecule has 3 nitrogen and oxygen atoms in total. The number of rotatable bonds is 3. The third-order valence-electron chi connectivity index (χ3n) is 4.16. The number of hydrogen-bond acceptors (Lipinski definition) is 3. The fourth-order valence-corrected chi connectivity index (χ4v) is 4.23. The van der Waals surface area contributed by atoms with Gasteiger partial charge in [0, 0.05) is 29.8 Å². The number of amides is 1. The monoisotopic (exact) mass is 290 g/mol. The zero-order valence-corrected chi connectivity index (χ0v) is 12.9. The second-order valence-corrected chi connectivity index (χ2v) is 6.93. The Kier molecular flexibility index (Phi) is 4.20. The molecule has 1 fully saturated rings. The normalized spacial score (nSPS) is 21.9. The lowest BCUT2D eigenvalue weighted by Gasteiger charge is -2.35. The van der Waals surface area contributed by atoms with E-state index < -0.39 is 0 Å². The van der Waals surface area contributed by atoms with Crippen LogP contribution in [0.25, 0.3) is 0 Å². The number of benzene rings is 1. The first-order valence-corrected chi connectivity index (χ1v) is 8.44. The standard InChI is InChI=1S/C16H22N2OS/c1-2-13-11-18(12-16(19)17-9-5-6-10-17)14-7-3-4-8-15(14)20-13/h3-4,7-8,13H,2,5-6,9-12H2,1H3/t13-/m0/s1. The molecule has 0 spiro atoms. The summed E-state index contributed by atoms with van der Waals surface area (Å²) in [6.45, 7) is 5.64. The molecule has 1 aromatic rings. The summed E-state index contributed by atoms with van der Waals surface area (Å²) in [5, 5.41) is 0.594. The van der Waals surface area contributed by atoms with Crippen molar-refractivity contribution in [2.45, 2.75) is 36.3 Å². The van der Waals surface area contributed by atoms with Crippen molar-refractivity contribution in [3.05, 3.63) is 24.3 Å². The van der Waals surface area contributed by atoms with Gasteiger partial charge in [-0.2, -0.15) is 0 Å². The van der Waals surface area contributed by atoms with Gasteiger partial charge in [0.1, 0.15) is 0 Å². The zero-order chi connectivity index (χ0) is 13.9. The summed E-state index contributed by atoms with van der Waals surface area (Å²) in [5.74, 6) is 0.291. The van der Waals surface area contributed by atoms with Crippen LogP contribution in [-0.4, -0.2) is 42.2 Å². The second kappa shape index (κ2) is 6.08. The number of thioether (sulfide) groups is 1. The molecule has 108 valence electrons. The van der Waals surface area contributed by atoms with E-state index in [-0.39, 0.29) is 0 Å². The van der Waals surface area contributed by atoms with Crippen molar-refractivity contribution in [3.8, 4) is 0 Å². The maximum atomic E-state index is 12.4. The number of hydrogen-bond donors (Lipinski definition) is 0. The summed E-state index contributed by atoms with van der Waals surface area (Å²) >= 11 is 1.95. The van der Waals surface area contributed by atoms with Crippen LogP contribution in [0.4, 0.5) is 5.69 Å². The molecule has 1 saturated heterocycles. The molecular formula is C16H22N2OS. The van der Waals surface area contributed by atoms with E-state index in [0.29, 0.717) is 17.7 Å². The summed E-state index contributed by atoms with van der Waals surface area (Å²) in [4.78, 5) is 18.0. The van der Waals surface area contributed by atoms with E-state index in [9.17, 15) is 4.79 Å². The lowest BCUT2D eigenvalue weighted by molar-refractivity contribution is -0.128. The molecule has 0 aliphatic carbocycles. The van der Waals surface area contributed by atoms with Crippen LogP contribution in [0.15, 0.2) is 29.2 Å². The van der Waals surface area contributed by atoms with Crippen LogP contribution in [0.5, 0.6) is 0 Å². The van der Waals surface area contributed by atoms with E-state index in [1.807, 2.05) is 16.7 Å². The lowest BCUT2D eigenvalue weighted by Crippen LogP contribution is -2.43. The van der Waals surface area contributed by atoms with Crippen LogP contribution in [0.3, 0.4) is 0 Å². The van der Waals surface area contributed by atoms with Crippen molar-refractivity contribution < 1.29 is 4.79 Å². The minimum Gasteiger partial charge on any atom is -0.360 e. The first kappa shape index (κ1) is 13.8. The van der Waals surface area contributed by atoms with Gasteiger partial charge in [0.05, 0.1) is 12.2 Å². The summed E-state index contributed by atoms with van der Waals surface area (Å²) < 4.78 is 0. The van der Waals surface area contributed by atoms with E-state index in [4.69, 9.17) is 0 Å². The fraction of sp³-hybridized carbons (Fsp3) is 0.562. The van der Waals surface area contributed by atoms with Crippen molar-refractivity contribution in [2.24, 2.45) is 0 Å². The van der Waals surface area contributed by atoms with Crippen LogP contribution in [0.1, 0.15) is 26.2 Å². The summed E-state index contributed by atoms with van der Waals surface area (Å²) in [7, 11) is 0. The Morgan fingerprint density at radius 2 is 2.05 bits per heavy atom. The number of anilines is 1. The summed E-state index contributed by atoms with van der Waals surface area (Å²) in [5.41, 5.74) is 1.23. The second-order valence-electron chi connectivity index (χ2n) is 5.58. The highest BCUT2D eigenvalue weighted by Gasteiger charge is 2.27. The molecule has 20 heavy (non-hydrogen) atoms. The van der Waals surface area contributed by atoms with Gasteiger partial charge in [0.2, 0.25) is 5.91 Å². The first-order chi connectivity index (χ1) is 9.78. The molecule has 2 heterocycles. The Bertz CT molecular complexity index is 485. The molecule has 3 rings (SSSR count). The molecule has 1 amide bonds. The predicted molar refractivity (Wildman–Crippen MR) is 84.4 cm³/mol. The van der Waals surface area contributed by atoms with Gasteiger partial charge in [-0.3, -0.25) is 4.79 Å². The third-order valence-corrected chi connectivity index (χ3v) is 5.58. The highest BCUT2D eigenvalue weighted by Crippen LogP contribution is 2.39. The van der Waals surface area contributed by atoms with Gasteiger partial charge in [0.15, 0.2) is 0 Å². The summed E-state index contributed by atoms with van der Waals surface area (Å²) in [6.07, 6.45) is 3.47. The Hall–Kier alpha value is -1.16. The van der Waals surface area contributed by atoms with Gasteiger partial charge in [-0.05, 0) is 31.4 Å². The van der Waals surface area contributed by atoms with Gasteiger partial charge in [-0.25, -0.2) is 0 Å². The Labute approximate surface area is 125 Å². The van der Waals surface area contributed by atoms with Crippen LogP contribution in [-0.2, 0) is 4.79 Å². The summed E-state index contributed by atoms with van der Waals surface area (Å²) in [6, 6.07) is 8.48. The smallest absolute Gasteiger partial charge is 0.242 e. The van der Waals surface area contributed by atoms with Crippen molar-refractivity contribution >= 4 is 23.4 Å². The number of carbonyl (C=O) groups is 1. The SMILES string of the molecule is CC[C@H]1CN(CC(=O)N2CCCC2)c2ccccc2S1. The van der Waals surface area contributed by atoms with Gasteiger partial charge >= 0.3 is 0 Å². The molecule has 1 aromatic carbocycles. The molecule has 0 radical (unpaired) electrons. The number of fused-ring (bicyclic) bond motifs is 1. The molecule has 0 N–H and O–H groups in total. The van der Waals surface area contributed by atoms with E-state index in [2.05, 4.69) is 36.1 Å². The van der Waals surface area contributed by atoms with Gasteiger partial charge < -0.3 is 9.80 Å². The highest BCUT2D eigenvalue weighted by atomic mass is 32.2. The van der Waals surface area contributed by atoms with Crippen LogP contribution < -0.4 is 4.90 Å². The molecule has 0 saturated carbocycles. The molecule has 0 aromatic heterocycles. The number of para-hydroxylation sites is 1. The number of nitrogens with zero attached hydrogens (tertiary/aromatic N) is 2. The topological polar surface area (TPSA) is 23.6 Å². The molecule has 4 heteroatoms. The Morgan fingerprint density at radius 3 is 2.80 bits per heavy atom. The van der Waals surface area contributed by atoms with Crippen molar-refractivity contribution in [1.29, 1.82) is 0 Å². The minimum atomic E-state index is 0.291. The average molecular weight is 290 g/mol. The molecule has 0 bridgehead atoms. The molecule has 1 atom stereocenters. The van der Waals surface area contributed by atoms with Gasteiger partial charge in [-0.15, -0.1) is 11.8 Å². The minimum absolute atomic E-state index is 0.291. The fourth-order valence-electron chi connectivity index (χ4n) is 2.97. The predicted octanol–water partition coefficient (Wildman–Crippen LogP) is 3.00. The van der Waals surface area contributed by atoms with Crippen molar-refractivity contribution in [2.75, 3.05) is 31.1 Å². The van der Waals surface area contributed by atoms with Crippen LogP contribution in [0.2, 0.25) is 0 Å². The van der Waals surface area contributed by atoms with Gasteiger partial charge in [-0.1, -0.05) is 19.1 Å².